The van der Waals surface area contributed by atoms with E-state index in [9.17, 15) is 9.59 Å². The van der Waals surface area contributed by atoms with Crippen LogP contribution in [0.25, 0.3) is 0 Å². The highest BCUT2D eigenvalue weighted by molar-refractivity contribution is 5.85. The lowest BCUT2D eigenvalue weighted by Gasteiger charge is -2.31. The van der Waals surface area contributed by atoms with Crippen LogP contribution >= 0.6 is 0 Å². The van der Waals surface area contributed by atoms with E-state index in [4.69, 9.17) is 5.73 Å². The number of carbonyl (C=O) groups excluding carboxylic acids is 2. The highest BCUT2D eigenvalue weighted by Crippen LogP contribution is 2.23. The van der Waals surface area contributed by atoms with E-state index in [0.29, 0.717) is 0 Å². The van der Waals surface area contributed by atoms with E-state index in [-0.39, 0.29) is 18.4 Å². The predicted molar refractivity (Wildman–Crippen MR) is 76.9 cm³/mol. The number of primary amides is 1. The lowest BCUT2D eigenvalue weighted by molar-refractivity contribution is -0.126. The monoisotopic (exact) mass is 275 g/mol. The van der Waals surface area contributed by atoms with Crippen LogP contribution in [-0.4, -0.2) is 23.9 Å². The Bertz CT molecular complexity index is 526. The number of rotatable bonds is 4. The lowest BCUT2D eigenvalue weighted by Crippen LogP contribution is -2.51. The molecule has 1 aliphatic rings. The van der Waals surface area contributed by atoms with Gasteiger partial charge < -0.3 is 16.4 Å². The summed E-state index contributed by atoms with van der Waals surface area (Å²) in [6.07, 6.45) is 1.04. The van der Waals surface area contributed by atoms with Gasteiger partial charge in [-0.1, -0.05) is 24.3 Å². The van der Waals surface area contributed by atoms with E-state index >= 15 is 0 Å². The first kappa shape index (κ1) is 14.5. The summed E-state index contributed by atoms with van der Waals surface area (Å²) >= 11 is 0. The maximum absolute atomic E-state index is 12.4. The van der Waals surface area contributed by atoms with Crippen LogP contribution in [0.2, 0.25) is 0 Å². The van der Waals surface area contributed by atoms with Crippen LogP contribution in [0.5, 0.6) is 0 Å². The van der Waals surface area contributed by atoms with Gasteiger partial charge in [-0.25, -0.2) is 0 Å². The largest absolute Gasteiger partial charge is 0.370 e. The zero-order valence-corrected chi connectivity index (χ0v) is 11.9. The minimum absolute atomic E-state index is 0.118. The third-order valence-corrected chi connectivity index (χ3v) is 3.45. The molecule has 2 amide bonds. The van der Waals surface area contributed by atoms with Crippen molar-refractivity contribution in [3.05, 3.63) is 35.4 Å². The summed E-state index contributed by atoms with van der Waals surface area (Å²) in [6.45, 7) is 4.36. The molecular weight excluding hydrogens is 254 g/mol. The van der Waals surface area contributed by atoms with Gasteiger partial charge in [-0.3, -0.25) is 9.59 Å². The summed E-state index contributed by atoms with van der Waals surface area (Å²) < 4.78 is 0. The molecule has 1 heterocycles. The smallest absolute Gasteiger partial charge is 0.242 e. The summed E-state index contributed by atoms with van der Waals surface area (Å²) in [4.78, 5) is 23.5. The Morgan fingerprint density at radius 1 is 1.40 bits per heavy atom. The van der Waals surface area contributed by atoms with Crippen molar-refractivity contribution in [1.82, 2.24) is 10.6 Å². The highest BCUT2D eigenvalue weighted by Gasteiger charge is 2.30. The first-order valence-corrected chi connectivity index (χ1v) is 6.80. The van der Waals surface area contributed by atoms with Crippen molar-refractivity contribution in [2.75, 3.05) is 6.54 Å². The second-order valence-corrected chi connectivity index (χ2v) is 5.85. The Balaban J connectivity index is 2.13. The van der Waals surface area contributed by atoms with E-state index in [1.54, 1.807) is 13.8 Å². The first-order valence-electron chi connectivity index (χ1n) is 6.80. The Kier molecular flexibility index (Phi) is 4.09. The van der Waals surface area contributed by atoms with Crippen molar-refractivity contribution in [3.63, 3.8) is 0 Å². The fourth-order valence-corrected chi connectivity index (χ4v) is 2.62. The Morgan fingerprint density at radius 2 is 2.10 bits per heavy atom. The maximum atomic E-state index is 12.4. The van der Waals surface area contributed by atoms with Crippen LogP contribution in [0.4, 0.5) is 0 Å². The van der Waals surface area contributed by atoms with Crippen LogP contribution in [0.1, 0.15) is 37.4 Å². The molecule has 0 radical (unpaired) electrons. The first-order chi connectivity index (χ1) is 9.39. The molecule has 5 nitrogen and oxygen atoms in total. The molecular formula is C15H21N3O2. The zero-order chi connectivity index (χ0) is 14.8. The molecule has 5 heteroatoms. The molecule has 0 saturated carbocycles. The van der Waals surface area contributed by atoms with Gasteiger partial charge in [-0.05, 0) is 31.4 Å². The van der Waals surface area contributed by atoms with Crippen LogP contribution in [-0.2, 0) is 16.0 Å². The number of hydrogen-bond donors (Lipinski definition) is 3. The minimum Gasteiger partial charge on any atom is -0.370 e. The van der Waals surface area contributed by atoms with Gasteiger partial charge >= 0.3 is 0 Å². The number of amides is 2. The molecule has 1 unspecified atom stereocenters. The lowest BCUT2D eigenvalue weighted by atomic mass is 9.92. The molecule has 0 saturated heterocycles. The molecule has 0 aromatic heterocycles. The number of fused-ring (bicyclic) bond motifs is 1. The van der Waals surface area contributed by atoms with Crippen LogP contribution in [0.3, 0.4) is 0 Å². The Hall–Kier alpha value is -1.88. The Labute approximate surface area is 118 Å². The summed E-state index contributed by atoms with van der Waals surface area (Å²) in [6, 6.07) is 7.56. The number of nitrogens with one attached hydrogen (secondary N) is 2. The molecule has 1 atom stereocenters. The normalized spacial score (nSPS) is 18.2. The SMILES string of the molecule is CC(C)(CC(N)=O)NC(=O)C1NCCc2ccccc21. The minimum atomic E-state index is -0.642. The summed E-state index contributed by atoms with van der Waals surface area (Å²) in [7, 11) is 0. The van der Waals surface area contributed by atoms with Gasteiger partial charge in [0.25, 0.3) is 0 Å². The van der Waals surface area contributed by atoms with E-state index < -0.39 is 11.4 Å². The van der Waals surface area contributed by atoms with Gasteiger partial charge in [0.15, 0.2) is 0 Å². The van der Waals surface area contributed by atoms with Gasteiger partial charge in [0, 0.05) is 18.5 Å². The third-order valence-electron chi connectivity index (χ3n) is 3.45. The molecule has 1 aliphatic heterocycles. The molecule has 2 rings (SSSR count). The number of carbonyl (C=O) groups is 2. The predicted octanol–water partition coefficient (Wildman–Crippen LogP) is 0.644. The topological polar surface area (TPSA) is 84.2 Å². The van der Waals surface area contributed by atoms with Crippen LogP contribution < -0.4 is 16.4 Å². The van der Waals surface area contributed by atoms with Gasteiger partial charge in [-0.2, -0.15) is 0 Å². The summed E-state index contributed by atoms with van der Waals surface area (Å²) in [5, 5.41) is 6.12. The average Bonchev–Trinajstić information content (AvgIpc) is 2.35. The second kappa shape index (κ2) is 5.63. The molecule has 0 fully saturated rings. The Morgan fingerprint density at radius 3 is 2.80 bits per heavy atom. The fraction of sp³-hybridized carbons (Fsp3) is 0.467. The highest BCUT2D eigenvalue weighted by atomic mass is 16.2. The summed E-state index contributed by atoms with van der Waals surface area (Å²) in [5.41, 5.74) is 6.76. The zero-order valence-electron chi connectivity index (χ0n) is 11.9. The van der Waals surface area contributed by atoms with Gasteiger partial charge in [0.05, 0.1) is 0 Å². The van der Waals surface area contributed by atoms with Crippen molar-refractivity contribution in [3.8, 4) is 0 Å². The quantitative estimate of drug-likeness (QED) is 0.754. The molecule has 0 bridgehead atoms. The number of benzene rings is 1. The van der Waals surface area contributed by atoms with E-state index in [2.05, 4.69) is 10.6 Å². The molecule has 0 aliphatic carbocycles. The van der Waals surface area contributed by atoms with Crippen molar-refractivity contribution in [2.24, 2.45) is 5.73 Å². The van der Waals surface area contributed by atoms with E-state index in [1.807, 2.05) is 24.3 Å². The standard InChI is InChI=1S/C15H21N3O2/c1-15(2,9-12(16)19)18-14(20)13-11-6-4-3-5-10(11)7-8-17-13/h3-6,13,17H,7-9H2,1-2H3,(H2,16,19)(H,18,20). The van der Waals surface area contributed by atoms with Crippen molar-refractivity contribution >= 4 is 11.8 Å². The molecule has 108 valence electrons. The van der Waals surface area contributed by atoms with E-state index in [1.165, 1.54) is 5.56 Å². The van der Waals surface area contributed by atoms with Gasteiger partial charge in [0.2, 0.25) is 11.8 Å². The molecule has 20 heavy (non-hydrogen) atoms. The summed E-state index contributed by atoms with van der Waals surface area (Å²) in [5.74, 6) is -0.546. The van der Waals surface area contributed by atoms with Crippen molar-refractivity contribution < 1.29 is 9.59 Å². The molecule has 0 spiro atoms. The molecule has 1 aromatic carbocycles. The number of nitrogens with two attached hydrogens (primary N) is 1. The van der Waals surface area contributed by atoms with Crippen LogP contribution in [0.15, 0.2) is 24.3 Å². The average molecular weight is 275 g/mol. The second-order valence-electron chi connectivity index (χ2n) is 5.85. The van der Waals surface area contributed by atoms with Crippen LogP contribution in [0, 0.1) is 0 Å². The van der Waals surface area contributed by atoms with Crippen molar-refractivity contribution in [1.29, 1.82) is 0 Å². The molecule has 4 N–H and O–H groups in total. The third kappa shape index (κ3) is 3.36. The van der Waals surface area contributed by atoms with Gasteiger partial charge in [0.1, 0.15) is 6.04 Å². The fourth-order valence-electron chi connectivity index (χ4n) is 2.62. The van der Waals surface area contributed by atoms with E-state index in [0.717, 1.165) is 18.5 Å². The molecule has 1 aromatic rings. The van der Waals surface area contributed by atoms with Gasteiger partial charge in [-0.15, -0.1) is 0 Å². The van der Waals surface area contributed by atoms with Crippen molar-refractivity contribution in [2.45, 2.75) is 38.3 Å². The maximum Gasteiger partial charge on any atom is 0.242 e. The number of hydrogen-bond acceptors (Lipinski definition) is 3.